The zero-order valence-corrected chi connectivity index (χ0v) is 16.6. The van der Waals surface area contributed by atoms with Gasteiger partial charge >= 0.3 is 11.9 Å². The Hall–Kier alpha value is -1.14. The Morgan fingerprint density at radius 3 is 1.74 bits per heavy atom. The van der Waals surface area contributed by atoms with Crippen LogP contribution in [0.15, 0.2) is 0 Å². The quantitative estimate of drug-likeness (QED) is 0.349. The van der Waals surface area contributed by atoms with Crippen LogP contribution in [0.2, 0.25) is 0 Å². The van der Waals surface area contributed by atoms with E-state index in [1.807, 2.05) is 0 Å². The minimum atomic E-state index is -0.698. The molecule has 2 aliphatic rings. The van der Waals surface area contributed by atoms with Crippen molar-refractivity contribution in [1.29, 1.82) is 0 Å². The molecule has 1 saturated carbocycles. The standard InChI is InChI=1S/C21H37NO5/c23-19(24)11-7-3-1-5-9-17(10-6-2-4-8-12-20(25)26)22-18-13-21(14-18)15-27-16-21/h17-18,22H,1-16H2,(H,23,24)(H,25,26). The lowest BCUT2D eigenvalue weighted by Gasteiger charge is -2.54. The normalized spacial score (nSPS) is 18.4. The molecule has 0 aromatic rings. The molecule has 0 aromatic heterocycles. The molecule has 1 aliphatic carbocycles. The lowest BCUT2D eigenvalue weighted by molar-refractivity contribution is -0.168. The number of carbonyl (C=O) groups is 2. The monoisotopic (exact) mass is 383 g/mol. The third-order valence-corrected chi connectivity index (χ3v) is 6.03. The van der Waals surface area contributed by atoms with Crippen molar-refractivity contribution in [3.8, 4) is 0 Å². The molecule has 156 valence electrons. The van der Waals surface area contributed by atoms with Crippen LogP contribution in [0, 0.1) is 5.41 Å². The van der Waals surface area contributed by atoms with Gasteiger partial charge in [0.2, 0.25) is 0 Å². The number of hydrogen-bond acceptors (Lipinski definition) is 4. The molecule has 6 heteroatoms. The molecule has 0 radical (unpaired) electrons. The second-order valence-electron chi connectivity index (χ2n) is 8.65. The second kappa shape index (κ2) is 11.6. The van der Waals surface area contributed by atoms with Gasteiger partial charge in [-0.1, -0.05) is 38.5 Å². The van der Waals surface area contributed by atoms with Crippen LogP contribution >= 0.6 is 0 Å². The van der Waals surface area contributed by atoms with E-state index in [2.05, 4.69) is 5.32 Å². The highest BCUT2D eigenvalue weighted by molar-refractivity contribution is 5.66. The van der Waals surface area contributed by atoms with Crippen LogP contribution in [0.4, 0.5) is 0 Å². The van der Waals surface area contributed by atoms with Crippen LogP contribution in [-0.4, -0.2) is 47.4 Å². The van der Waals surface area contributed by atoms with Gasteiger partial charge in [0.15, 0.2) is 0 Å². The highest BCUT2D eigenvalue weighted by Gasteiger charge is 2.49. The van der Waals surface area contributed by atoms with E-state index in [9.17, 15) is 9.59 Å². The molecular formula is C21H37NO5. The van der Waals surface area contributed by atoms with Crippen molar-refractivity contribution < 1.29 is 24.5 Å². The Morgan fingerprint density at radius 1 is 0.852 bits per heavy atom. The first-order valence-corrected chi connectivity index (χ1v) is 10.8. The fourth-order valence-electron chi connectivity index (χ4n) is 4.42. The number of rotatable bonds is 16. The van der Waals surface area contributed by atoms with Gasteiger partial charge in [-0.25, -0.2) is 0 Å². The molecule has 0 amide bonds. The predicted octanol–water partition coefficient (Wildman–Crippen LogP) is 3.97. The van der Waals surface area contributed by atoms with E-state index in [-0.39, 0.29) is 12.8 Å². The Balaban J connectivity index is 1.58. The molecule has 3 N–H and O–H groups in total. The van der Waals surface area contributed by atoms with E-state index in [1.165, 1.54) is 12.8 Å². The Labute approximate surface area is 163 Å². The summed E-state index contributed by atoms with van der Waals surface area (Å²) in [6.45, 7) is 1.87. The summed E-state index contributed by atoms with van der Waals surface area (Å²) in [6, 6.07) is 1.16. The van der Waals surface area contributed by atoms with Gasteiger partial charge in [0.25, 0.3) is 0 Å². The fraction of sp³-hybridized carbons (Fsp3) is 0.905. The Bertz CT molecular complexity index is 429. The molecule has 0 bridgehead atoms. The van der Waals surface area contributed by atoms with Crippen molar-refractivity contribution in [1.82, 2.24) is 5.32 Å². The minimum Gasteiger partial charge on any atom is -0.481 e. The predicted molar refractivity (Wildman–Crippen MR) is 104 cm³/mol. The van der Waals surface area contributed by atoms with Crippen LogP contribution in [0.5, 0.6) is 0 Å². The molecule has 1 spiro atoms. The number of nitrogens with one attached hydrogen (secondary N) is 1. The number of carboxylic acid groups (broad SMARTS) is 2. The molecule has 0 unspecified atom stereocenters. The van der Waals surface area contributed by atoms with Crippen molar-refractivity contribution >= 4 is 11.9 Å². The van der Waals surface area contributed by atoms with Crippen LogP contribution in [0.1, 0.15) is 89.9 Å². The second-order valence-corrected chi connectivity index (χ2v) is 8.65. The summed E-state index contributed by atoms with van der Waals surface area (Å²) in [4.78, 5) is 21.1. The van der Waals surface area contributed by atoms with Gasteiger partial charge in [0.05, 0.1) is 13.2 Å². The highest BCUT2D eigenvalue weighted by Crippen LogP contribution is 2.47. The van der Waals surface area contributed by atoms with E-state index in [0.29, 0.717) is 17.5 Å². The minimum absolute atomic E-state index is 0.282. The summed E-state index contributed by atoms with van der Waals surface area (Å²) in [5.41, 5.74) is 0.482. The highest BCUT2D eigenvalue weighted by atomic mass is 16.5. The lowest BCUT2D eigenvalue weighted by atomic mass is 9.64. The van der Waals surface area contributed by atoms with Gasteiger partial charge in [0.1, 0.15) is 0 Å². The van der Waals surface area contributed by atoms with Crippen molar-refractivity contribution in [2.24, 2.45) is 5.41 Å². The summed E-state index contributed by atoms with van der Waals surface area (Å²) in [5, 5.41) is 21.2. The smallest absolute Gasteiger partial charge is 0.303 e. The first-order chi connectivity index (χ1) is 13.0. The van der Waals surface area contributed by atoms with Crippen LogP contribution in [-0.2, 0) is 14.3 Å². The first kappa shape index (κ1) is 22.2. The fourth-order valence-corrected chi connectivity index (χ4v) is 4.42. The molecule has 1 heterocycles. The average Bonchev–Trinajstić information content (AvgIpc) is 2.53. The maximum absolute atomic E-state index is 10.6. The van der Waals surface area contributed by atoms with Gasteiger partial charge < -0.3 is 20.3 Å². The number of ether oxygens (including phenoxy) is 1. The van der Waals surface area contributed by atoms with Crippen LogP contribution in [0.3, 0.4) is 0 Å². The molecule has 1 aliphatic heterocycles. The molecule has 2 rings (SSSR count). The van der Waals surface area contributed by atoms with E-state index >= 15 is 0 Å². The Morgan fingerprint density at radius 2 is 1.33 bits per heavy atom. The lowest BCUT2D eigenvalue weighted by Crippen LogP contribution is -2.60. The van der Waals surface area contributed by atoms with Gasteiger partial charge in [-0.15, -0.1) is 0 Å². The topological polar surface area (TPSA) is 95.9 Å². The first-order valence-electron chi connectivity index (χ1n) is 10.8. The summed E-state index contributed by atoms with van der Waals surface area (Å²) in [5.74, 6) is -1.40. The SMILES string of the molecule is O=C(O)CCCCCCC(CCCCCCC(=O)O)NC1CC2(COC2)C1. The molecule has 27 heavy (non-hydrogen) atoms. The summed E-state index contributed by atoms with van der Waals surface area (Å²) in [6.07, 6.45) is 13.4. The van der Waals surface area contributed by atoms with Crippen molar-refractivity contribution in [2.45, 2.75) is 102 Å². The van der Waals surface area contributed by atoms with E-state index < -0.39 is 11.9 Å². The third kappa shape index (κ3) is 8.60. The maximum atomic E-state index is 10.6. The summed E-state index contributed by atoms with van der Waals surface area (Å²) in [7, 11) is 0. The van der Waals surface area contributed by atoms with E-state index in [0.717, 1.165) is 77.4 Å². The maximum Gasteiger partial charge on any atom is 0.303 e. The van der Waals surface area contributed by atoms with Crippen molar-refractivity contribution in [3.05, 3.63) is 0 Å². The number of hydrogen-bond donors (Lipinski definition) is 3. The van der Waals surface area contributed by atoms with Crippen molar-refractivity contribution in [2.75, 3.05) is 13.2 Å². The molecule has 0 aromatic carbocycles. The number of unbranched alkanes of at least 4 members (excludes halogenated alkanes) is 6. The summed E-state index contributed by atoms with van der Waals surface area (Å²) < 4.78 is 5.36. The molecule has 6 nitrogen and oxygen atoms in total. The van der Waals surface area contributed by atoms with Gasteiger partial charge in [-0.3, -0.25) is 9.59 Å². The molecular weight excluding hydrogens is 346 g/mol. The van der Waals surface area contributed by atoms with Crippen molar-refractivity contribution in [3.63, 3.8) is 0 Å². The molecule has 1 saturated heterocycles. The zero-order valence-electron chi connectivity index (χ0n) is 16.6. The van der Waals surface area contributed by atoms with Crippen LogP contribution in [0.25, 0.3) is 0 Å². The van der Waals surface area contributed by atoms with Gasteiger partial charge in [0, 0.05) is 30.3 Å². The van der Waals surface area contributed by atoms with E-state index in [1.54, 1.807) is 0 Å². The van der Waals surface area contributed by atoms with Gasteiger partial charge in [-0.05, 0) is 38.5 Å². The average molecular weight is 384 g/mol. The zero-order chi connectivity index (χ0) is 19.5. The number of aliphatic carboxylic acids is 2. The third-order valence-electron chi connectivity index (χ3n) is 6.03. The number of carboxylic acids is 2. The molecule has 2 fully saturated rings. The summed E-state index contributed by atoms with van der Waals surface area (Å²) >= 11 is 0. The Kier molecular flexibility index (Phi) is 9.56. The van der Waals surface area contributed by atoms with E-state index in [4.69, 9.17) is 14.9 Å². The molecule has 0 atom stereocenters. The largest absolute Gasteiger partial charge is 0.481 e. The van der Waals surface area contributed by atoms with Crippen LogP contribution < -0.4 is 5.32 Å². The van der Waals surface area contributed by atoms with Gasteiger partial charge in [-0.2, -0.15) is 0 Å².